The smallest absolute Gasteiger partial charge is 0.254 e. The minimum Gasteiger partial charge on any atom is -0.462 e. The van der Waals surface area contributed by atoms with Crippen molar-refractivity contribution in [2.75, 3.05) is 26.7 Å². The summed E-state index contributed by atoms with van der Waals surface area (Å²) in [6.45, 7) is 4.41. The molecule has 2 rings (SSSR count). The zero-order chi connectivity index (χ0) is 12.8. The van der Waals surface area contributed by atoms with Gasteiger partial charge in [0, 0.05) is 19.5 Å². The fraction of sp³-hybridized carbons (Fsp3) is 0.538. The molecule has 0 radical (unpaired) electrons. The number of nitrogens with zero attached hydrogens (tertiary/aromatic N) is 3. The molecule has 0 fully saturated rings. The maximum atomic E-state index is 5.57. The summed E-state index contributed by atoms with van der Waals surface area (Å²) in [5.74, 6) is 6.54. The number of aromatic nitrogens is 2. The van der Waals surface area contributed by atoms with Crippen molar-refractivity contribution in [1.29, 1.82) is 0 Å². The molecule has 0 bridgehead atoms. The fourth-order valence-corrected chi connectivity index (χ4v) is 2.35. The molecule has 0 atom stereocenters. The van der Waals surface area contributed by atoms with Crippen molar-refractivity contribution in [1.82, 2.24) is 13.6 Å². The van der Waals surface area contributed by atoms with Crippen LogP contribution in [0.1, 0.15) is 25.5 Å². The van der Waals surface area contributed by atoms with E-state index < -0.39 is 0 Å². The molecule has 1 aliphatic rings. The Morgan fingerprint density at radius 2 is 2.33 bits per heavy atom. The summed E-state index contributed by atoms with van der Waals surface area (Å²) in [7, 11) is 2.11. The van der Waals surface area contributed by atoms with E-state index in [2.05, 4.69) is 38.6 Å². The van der Waals surface area contributed by atoms with Crippen molar-refractivity contribution >= 4 is 17.3 Å². The summed E-state index contributed by atoms with van der Waals surface area (Å²) < 4.78 is 14.1. The molecule has 0 aliphatic carbocycles. The highest BCUT2D eigenvalue weighted by molar-refractivity contribution is 6.99. The summed E-state index contributed by atoms with van der Waals surface area (Å²) in [5.41, 5.74) is 2.08. The molecule has 4 nitrogen and oxygen atoms in total. The molecule has 1 aliphatic heterocycles. The third kappa shape index (κ3) is 3.31. The number of rotatable bonds is 3. The number of likely N-dealkylation sites (N-methyl/N-ethyl adjacent to an activating group) is 1. The van der Waals surface area contributed by atoms with Crippen molar-refractivity contribution in [3.63, 3.8) is 0 Å². The van der Waals surface area contributed by atoms with Crippen molar-refractivity contribution in [3.05, 3.63) is 11.8 Å². The van der Waals surface area contributed by atoms with Crippen molar-refractivity contribution in [2.45, 2.75) is 19.8 Å². The normalized spacial score (nSPS) is 15.8. The van der Waals surface area contributed by atoms with Gasteiger partial charge in [-0.05, 0) is 19.0 Å². The second-order valence-electron chi connectivity index (χ2n) is 4.17. The Labute approximate surface area is 112 Å². The molecule has 1 aromatic rings. The molecule has 0 saturated heterocycles. The average Bonchev–Trinajstić information content (AvgIpc) is 2.83. The van der Waals surface area contributed by atoms with E-state index in [1.54, 1.807) is 0 Å². The molecule has 0 saturated carbocycles. The summed E-state index contributed by atoms with van der Waals surface area (Å²) in [4.78, 5) is 2.27. The second-order valence-corrected chi connectivity index (χ2v) is 4.70. The summed E-state index contributed by atoms with van der Waals surface area (Å²) >= 11 is 1.19. The van der Waals surface area contributed by atoms with Gasteiger partial charge in [0.05, 0.1) is 11.7 Å². The summed E-state index contributed by atoms with van der Waals surface area (Å²) in [6.07, 6.45) is 4.13. The van der Waals surface area contributed by atoms with E-state index >= 15 is 0 Å². The van der Waals surface area contributed by atoms with Crippen molar-refractivity contribution in [3.8, 4) is 17.7 Å². The first-order valence-electron chi connectivity index (χ1n) is 6.10. The minimum atomic E-state index is 0.384. The average molecular weight is 263 g/mol. The molecule has 1 aromatic heterocycles. The van der Waals surface area contributed by atoms with Crippen LogP contribution in [0.5, 0.6) is 5.88 Å². The predicted molar refractivity (Wildman–Crippen MR) is 73.6 cm³/mol. The van der Waals surface area contributed by atoms with Gasteiger partial charge in [0.2, 0.25) is 0 Å². The Balaban J connectivity index is 2.05. The van der Waals surface area contributed by atoms with Crippen molar-refractivity contribution in [2.24, 2.45) is 0 Å². The zero-order valence-corrected chi connectivity index (χ0v) is 11.6. The third-order valence-electron chi connectivity index (χ3n) is 2.69. The van der Waals surface area contributed by atoms with Crippen LogP contribution in [0, 0.1) is 11.8 Å². The van der Waals surface area contributed by atoms with Gasteiger partial charge in [-0.2, -0.15) is 4.37 Å². The fourth-order valence-electron chi connectivity index (χ4n) is 1.82. The SMILES string of the molecule is CCC#CCOc1nsnc1C1=CCCN(C)C1. The monoisotopic (exact) mass is 263 g/mol. The molecule has 5 heteroatoms. The van der Waals surface area contributed by atoms with Gasteiger partial charge in [0.15, 0.2) is 6.61 Å². The first-order chi connectivity index (χ1) is 8.81. The standard InChI is InChI=1S/C13H17N3OS/c1-3-4-5-9-17-13-12(14-18-15-13)11-7-6-8-16(2)10-11/h7H,3,6,8-10H2,1-2H3. The van der Waals surface area contributed by atoms with Gasteiger partial charge in [-0.3, -0.25) is 0 Å². The Morgan fingerprint density at radius 3 is 3.11 bits per heavy atom. The van der Waals surface area contributed by atoms with E-state index in [0.29, 0.717) is 12.5 Å². The van der Waals surface area contributed by atoms with Crippen LogP contribution in [-0.2, 0) is 0 Å². The van der Waals surface area contributed by atoms with Crippen molar-refractivity contribution < 1.29 is 4.74 Å². The van der Waals surface area contributed by atoms with Gasteiger partial charge in [0.25, 0.3) is 5.88 Å². The minimum absolute atomic E-state index is 0.384. The molecular formula is C13H17N3OS. The molecule has 0 N–H and O–H groups in total. The van der Waals surface area contributed by atoms with Crippen LogP contribution in [0.15, 0.2) is 6.08 Å². The summed E-state index contributed by atoms with van der Waals surface area (Å²) in [6, 6.07) is 0. The highest BCUT2D eigenvalue weighted by Gasteiger charge is 2.18. The van der Waals surface area contributed by atoms with Crippen LogP contribution in [0.3, 0.4) is 0 Å². The van der Waals surface area contributed by atoms with Gasteiger partial charge in [-0.15, -0.1) is 10.3 Å². The zero-order valence-electron chi connectivity index (χ0n) is 10.8. The van der Waals surface area contributed by atoms with E-state index in [-0.39, 0.29) is 0 Å². The lowest BCUT2D eigenvalue weighted by Gasteiger charge is -2.21. The van der Waals surface area contributed by atoms with E-state index in [4.69, 9.17) is 4.74 Å². The highest BCUT2D eigenvalue weighted by atomic mass is 32.1. The second kappa shape index (κ2) is 6.53. The predicted octanol–water partition coefficient (Wildman–Crippen LogP) is 2.05. The molecule has 0 amide bonds. The quantitative estimate of drug-likeness (QED) is 0.782. The number of hydrogen-bond acceptors (Lipinski definition) is 5. The van der Waals surface area contributed by atoms with Crippen LogP contribution in [0.25, 0.3) is 5.57 Å². The first-order valence-corrected chi connectivity index (χ1v) is 6.83. The van der Waals surface area contributed by atoms with Crippen LogP contribution >= 0.6 is 11.7 Å². The van der Waals surface area contributed by atoms with E-state index in [1.165, 1.54) is 17.3 Å². The first kappa shape index (κ1) is 13.1. The Morgan fingerprint density at radius 1 is 1.44 bits per heavy atom. The maximum absolute atomic E-state index is 5.57. The molecule has 0 aromatic carbocycles. The Kier molecular flexibility index (Phi) is 4.73. The van der Waals surface area contributed by atoms with Gasteiger partial charge < -0.3 is 9.64 Å². The van der Waals surface area contributed by atoms with Crippen LogP contribution < -0.4 is 4.74 Å². The van der Waals surface area contributed by atoms with Crippen LogP contribution in [0.2, 0.25) is 0 Å². The molecule has 0 spiro atoms. The van der Waals surface area contributed by atoms with E-state index in [1.807, 2.05) is 6.92 Å². The van der Waals surface area contributed by atoms with Gasteiger partial charge in [-0.1, -0.05) is 18.9 Å². The summed E-state index contributed by atoms with van der Waals surface area (Å²) in [5, 5.41) is 0. The molecule has 96 valence electrons. The van der Waals surface area contributed by atoms with Gasteiger partial charge in [0.1, 0.15) is 5.69 Å². The lowest BCUT2D eigenvalue weighted by atomic mass is 10.1. The Bertz CT molecular complexity index is 484. The van der Waals surface area contributed by atoms with E-state index in [0.717, 1.165) is 31.6 Å². The number of ether oxygens (including phenoxy) is 1. The van der Waals surface area contributed by atoms with Gasteiger partial charge in [-0.25, -0.2) is 0 Å². The molecular weight excluding hydrogens is 246 g/mol. The lowest BCUT2D eigenvalue weighted by molar-refractivity contribution is 0.352. The van der Waals surface area contributed by atoms with Crippen LogP contribution in [0.4, 0.5) is 0 Å². The number of hydrogen-bond donors (Lipinski definition) is 0. The highest BCUT2D eigenvalue weighted by Crippen LogP contribution is 2.26. The molecule has 0 unspecified atom stereocenters. The maximum Gasteiger partial charge on any atom is 0.254 e. The van der Waals surface area contributed by atoms with Crippen LogP contribution in [-0.4, -0.2) is 40.4 Å². The topological polar surface area (TPSA) is 38.3 Å². The molecule has 18 heavy (non-hydrogen) atoms. The Hall–Kier alpha value is -1.38. The third-order valence-corrected chi connectivity index (χ3v) is 3.20. The lowest BCUT2D eigenvalue weighted by Crippen LogP contribution is -2.25. The molecule has 2 heterocycles. The largest absolute Gasteiger partial charge is 0.462 e. The van der Waals surface area contributed by atoms with Gasteiger partial charge >= 0.3 is 0 Å². The van der Waals surface area contributed by atoms with E-state index in [9.17, 15) is 0 Å².